The molecule has 0 atom stereocenters. The van der Waals surface area contributed by atoms with Gasteiger partial charge in [0.2, 0.25) is 0 Å². The molecular formula is C9H4F3IN2S. The van der Waals surface area contributed by atoms with Crippen molar-refractivity contribution in [2.75, 3.05) is 0 Å². The van der Waals surface area contributed by atoms with Crippen molar-refractivity contribution in [2.24, 2.45) is 0 Å². The van der Waals surface area contributed by atoms with Gasteiger partial charge in [-0.05, 0) is 28.7 Å². The number of hydrogen-bond donors (Lipinski definition) is 0. The van der Waals surface area contributed by atoms with Crippen LogP contribution in [0, 0.1) is 3.01 Å². The van der Waals surface area contributed by atoms with Gasteiger partial charge in [-0.1, -0.05) is 29.5 Å². The Kier molecular flexibility index (Phi) is 3.15. The van der Waals surface area contributed by atoms with Gasteiger partial charge in [0, 0.05) is 5.56 Å². The highest BCUT2D eigenvalue weighted by atomic mass is 127. The summed E-state index contributed by atoms with van der Waals surface area (Å²) >= 11 is 3.06. The molecule has 0 aliphatic carbocycles. The van der Waals surface area contributed by atoms with E-state index in [1.54, 1.807) is 6.07 Å². The summed E-state index contributed by atoms with van der Waals surface area (Å²) in [5.41, 5.74) is -0.599. The van der Waals surface area contributed by atoms with E-state index in [0.717, 1.165) is 17.4 Å². The van der Waals surface area contributed by atoms with Crippen LogP contribution in [-0.2, 0) is 6.18 Å². The molecule has 2 rings (SSSR count). The maximum Gasteiger partial charge on any atom is 0.417 e. The fraction of sp³-hybridized carbons (Fsp3) is 0.111. The number of halogens is 4. The first-order valence-electron chi connectivity index (χ1n) is 4.14. The molecule has 16 heavy (non-hydrogen) atoms. The third kappa shape index (κ3) is 2.34. The van der Waals surface area contributed by atoms with Crippen LogP contribution >= 0.6 is 33.9 Å². The van der Waals surface area contributed by atoms with Gasteiger partial charge in [0.15, 0.2) is 3.01 Å². The molecule has 0 amide bonds. The Morgan fingerprint density at radius 3 is 2.38 bits per heavy atom. The van der Waals surface area contributed by atoms with E-state index < -0.39 is 11.7 Å². The van der Waals surface area contributed by atoms with E-state index in [9.17, 15) is 13.2 Å². The van der Waals surface area contributed by atoms with Crippen molar-refractivity contribution in [3.63, 3.8) is 0 Å². The fourth-order valence-electron chi connectivity index (χ4n) is 1.23. The Hall–Kier alpha value is -0.700. The van der Waals surface area contributed by atoms with Crippen LogP contribution in [0.1, 0.15) is 5.56 Å². The number of alkyl halides is 3. The smallest absolute Gasteiger partial charge is 0.166 e. The molecule has 0 fully saturated rings. The molecule has 2 nitrogen and oxygen atoms in total. The van der Waals surface area contributed by atoms with Gasteiger partial charge in [-0.2, -0.15) is 13.2 Å². The second-order valence-electron chi connectivity index (χ2n) is 2.90. The number of aromatic nitrogens is 2. The lowest BCUT2D eigenvalue weighted by Gasteiger charge is -2.09. The molecule has 7 heteroatoms. The van der Waals surface area contributed by atoms with Gasteiger partial charge in [0.25, 0.3) is 0 Å². The Bertz CT molecular complexity index is 509. The number of hydrogen-bond acceptors (Lipinski definition) is 3. The summed E-state index contributed by atoms with van der Waals surface area (Å²) in [6.45, 7) is 0. The number of benzene rings is 1. The Morgan fingerprint density at radius 2 is 1.81 bits per heavy atom. The molecule has 1 aromatic carbocycles. The van der Waals surface area contributed by atoms with Crippen molar-refractivity contribution in [3.05, 3.63) is 32.8 Å². The lowest BCUT2D eigenvalue weighted by atomic mass is 10.1. The van der Waals surface area contributed by atoms with Crippen molar-refractivity contribution >= 4 is 33.9 Å². The number of rotatable bonds is 1. The first kappa shape index (κ1) is 11.8. The third-order valence-electron chi connectivity index (χ3n) is 1.86. The zero-order valence-electron chi connectivity index (χ0n) is 7.62. The van der Waals surface area contributed by atoms with Crippen LogP contribution in [0.15, 0.2) is 24.3 Å². The minimum absolute atomic E-state index is 0.0791. The van der Waals surface area contributed by atoms with Gasteiger partial charge in [0.1, 0.15) is 5.01 Å². The predicted octanol–water partition coefficient (Wildman–Crippen LogP) is 3.83. The highest BCUT2D eigenvalue weighted by molar-refractivity contribution is 14.1. The first-order chi connectivity index (χ1) is 7.48. The standard InChI is InChI=1S/C9H4F3IN2S/c10-9(11,12)6-4-2-1-3-5(6)7-14-15-8(13)16-7/h1-4H. The molecule has 0 radical (unpaired) electrons. The van der Waals surface area contributed by atoms with E-state index in [-0.39, 0.29) is 10.6 Å². The molecule has 1 heterocycles. The largest absolute Gasteiger partial charge is 0.417 e. The van der Waals surface area contributed by atoms with Crippen molar-refractivity contribution < 1.29 is 13.2 Å². The Labute approximate surface area is 107 Å². The second kappa shape index (κ2) is 4.28. The fourth-order valence-corrected chi connectivity index (χ4v) is 2.58. The summed E-state index contributed by atoms with van der Waals surface area (Å²) in [4.78, 5) is 0. The van der Waals surface area contributed by atoms with Crippen LogP contribution in [0.5, 0.6) is 0 Å². The molecule has 0 N–H and O–H groups in total. The summed E-state index contributed by atoms with van der Waals surface area (Å²) in [6.07, 6.45) is -4.37. The minimum Gasteiger partial charge on any atom is -0.166 e. The van der Waals surface area contributed by atoms with Gasteiger partial charge >= 0.3 is 6.18 Å². The van der Waals surface area contributed by atoms with E-state index in [1.165, 1.54) is 12.1 Å². The highest BCUT2D eigenvalue weighted by Gasteiger charge is 2.34. The van der Waals surface area contributed by atoms with Crippen LogP contribution in [0.25, 0.3) is 10.6 Å². The minimum atomic E-state index is -4.37. The van der Waals surface area contributed by atoms with Gasteiger partial charge in [0.05, 0.1) is 5.56 Å². The average molecular weight is 356 g/mol. The van der Waals surface area contributed by atoms with Gasteiger partial charge < -0.3 is 0 Å². The Balaban J connectivity index is 2.57. The van der Waals surface area contributed by atoms with Crippen molar-refractivity contribution in [1.82, 2.24) is 10.2 Å². The normalized spacial score (nSPS) is 11.8. The molecule has 0 aliphatic heterocycles. The average Bonchev–Trinajstić information content (AvgIpc) is 2.64. The van der Waals surface area contributed by atoms with Crippen LogP contribution in [0.2, 0.25) is 0 Å². The second-order valence-corrected chi connectivity index (χ2v) is 5.63. The lowest BCUT2D eigenvalue weighted by molar-refractivity contribution is -0.137. The van der Waals surface area contributed by atoms with Crippen molar-refractivity contribution in [2.45, 2.75) is 6.18 Å². The predicted molar refractivity (Wildman–Crippen MR) is 63.1 cm³/mol. The SMILES string of the molecule is FC(F)(F)c1ccccc1-c1nnc(I)s1. The molecule has 1 aromatic heterocycles. The van der Waals surface area contributed by atoms with E-state index in [4.69, 9.17) is 0 Å². The van der Waals surface area contributed by atoms with Gasteiger partial charge in [-0.15, -0.1) is 10.2 Å². The Morgan fingerprint density at radius 1 is 1.12 bits per heavy atom. The molecule has 0 bridgehead atoms. The highest BCUT2D eigenvalue weighted by Crippen LogP contribution is 2.37. The van der Waals surface area contributed by atoms with E-state index in [2.05, 4.69) is 10.2 Å². The quantitative estimate of drug-likeness (QED) is 0.726. The van der Waals surface area contributed by atoms with Crippen molar-refractivity contribution in [3.8, 4) is 10.6 Å². The lowest BCUT2D eigenvalue weighted by Crippen LogP contribution is -2.06. The molecule has 84 valence electrons. The summed E-state index contributed by atoms with van der Waals surface area (Å²) in [7, 11) is 0. The first-order valence-corrected chi connectivity index (χ1v) is 6.03. The maximum absolute atomic E-state index is 12.7. The molecule has 2 aromatic rings. The topological polar surface area (TPSA) is 25.8 Å². The zero-order valence-corrected chi connectivity index (χ0v) is 10.6. The van der Waals surface area contributed by atoms with Crippen molar-refractivity contribution in [1.29, 1.82) is 0 Å². The van der Waals surface area contributed by atoms with Crippen LogP contribution in [0.3, 0.4) is 0 Å². The molecule has 0 unspecified atom stereocenters. The maximum atomic E-state index is 12.7. The monoisotopic (exact) mass is 356 g/mol. The van der Waals surface area contributed by atoms with E-state index in [1.807, 2.05) is 22.6 Å². The summed E-state index contributed by atoms with van der Waals surface area (Å²) in [5, 5.41) is 7.71. The summed E-state index contributed by atoms with van der Waals surface area (Å²) in [6, 6.07) is 5.36. The third-order valence-corrected chi connectivity index (χ3v) is 3.48. The van der Waals surface area contributed by atoms with E-state index >= 15 is 0 Å². The molecule has 0 saturated carbocycles. The number of nitrogens with zero attached hydrogens (tertiary/aromatic N) is 2. The summed E-state index contributed by atoms with van der Waals surface area (Å²) < 4.78 is 38.7. The van der Waals surface area contributed by atoms with Crippen LogP contribution in [0.4, 0.5) is 13.2 Å². The van der Waals surface area contributed by atoms with Crippen LogP contribution < -0.4 is 0 Å². The van der Waals surface area contributed by atoms with Crippen LogP contribution in [-0.4, -0.2) is 10.2 Å². The molecule has 0 spiro atoms. The zero-order chi connectivity index (χ0) is 11.8. The molecule has 0 saturated heterocycles. The van der Waals surface area contributed by atoms with Gasteiger partial charge in [-0.3, -0.25) is 0 Å². The molecule has 0 aliphatic rings. The molecular weight excluding hydrogens is 352 g/mol. The van der Waals surface area contributed by atoms with Gasteiger partial charge in [-0.25, -0.2) is 0 Å². The summed E-state index contributed by atoms with van der Waals surface area (Å²) in [5.74, 6) is 0. The van der Waals surface area contributed by atoms with E-state index in [0.29, 0.717) is 3.01 Å².